The predicted molar refractivity (Wildman–Crippen MR) is 56.3 cm³/mol. The van der Waals surface area contributed by atoms with E-state index in [-0.39, 0.29) is 18.1 Å². The van der Waals surface area contributed by atoms with E-state index in [1.54, 1.807) is 11.3 Å². The fourth-order valence-corrected chi connectivity index (χ4v) is 1.78. The quantitative estimate of drug-likeness (QED) is 0.748. The number of hydrogen-bond donors (Lipinski definition) is 1. The Labute approximate surface area is 87.1 Å². The van der Waals surface area contributed by atoms with Gasteiger partial charge in [-0.25, -0.2) is 0 Å². The Bertz CT molecular complexity index is 306. The molecule has 0 radical (unpaired) electrons. The van der Waals surface area contributed by atoms with Crippen LogP contribution in [0.1, 0.15) is 18.2 Å². The second-order valence-corrected chi connectivity index (χ2v) is 4.09. The minimum Gasteiger partial charge on any atom is -0.355 e. The van der Waals surface area contributed by atoms with Crippen LogP contribution in [0.15, 0.2) is 17.5 Å². The van der Waals surface area contributed by atoms with E-state index in [0.29, 0.717) is 6.54 Å². The van der Waals surface area contributed by atoms with Gasteiger partial charge < -0.3 is 5.32 Å². The summed E-state index contributed by atoms with van der Waals surface area (Å²) in [5, 5.41) is 4.71. The molecular formula is C10H13NO2S. The average Bonchev–Trinajstić information content (AvgIpc) is 2.55. The Morgan fingerprint density at radius 2 is 2.29 bits per heavy atom. The Hall–Kier alpha value is -1.16. The summed E-state index contributed by atoms with van der Waals surface area (Å²) in [5.74, 6) is -0.285. The number of ketones is 1. The minimum absolute atomic E-state index is 0.00948. The summed E-state index contributed by atoms with van der Waals surface area (Å²) < 4.78 is 0. The fraction of sp³-hybridized carbons (Fsp3) is 0.400. The molecule has 0 atom stereocenters. The second kappa shape index (κ2) is 5.54. The van der Waals surface area contributed by atoms with Crippen LogP contribution in [-0.2, 0) is 16.0 Å². The maximum atomic E-state index is 11.1. The highest BCUT2D eigenvalue weighted by molar-refractivity contribution is 7.09. The lowest BCUT2D eigenvalue weighted by molar-refractivity contribution is -0.127. The summed E-state index contributed by atoms with van der Waals surface area (Å²) >= 11 is 1.67. The zero-order chi connectivity index (χ0) is 10.4. The molecule has 0 aliphatic carbocycles. The van der Waals surface area contributed by atoms with E-state index in [4.69, 9.17) is 0 Å². The van der Waals surface area contributed by atoms with Crippen molar-refractivity contribution in [2.75, 3.05) is 6.54 Å². The van der Waals surface area contributed by atoms with E-state index in [0.717, 1.165) is 6.42 Å². The second-order valence-electron chi connectivity index (χ2n) is 3.06. The molecule has 1 N–H and O–H groups in total. The van der Waals surface area contributed by atoms with Gasteiger partial charge in [-0.05, 0) is 24.8 Å². The van der Waals surface area contributed by atoms with Gasteiger partial charge in [-0.2, -0.15) is 0 Å². The molecule has 4 heteroatoms. The first-order valence-corrected chi connectivity index (χ1v) is 5.35. The molecule has 14 heavy (non-hydrogen) atoms. The topological polar surface area (TPSA) is 46.2 Å². The third-order valence-electron chi connectivity index (χ3n) is 1.68. The van der Waals surface area contributed by atoms with Crippen LogP contribution >= 0.6 is 11.3 Å². The van der Waals surface area contributed by atoms with Crippen molar-refractivity contribution < 1.29 is 9.59 Å². The molecule has 1 rings (SSSR count). The van der Waals surface area contributed by atoms with Crippen molar-refractivity contribution in [1.29, 1.82) is 0 Å². The van der Waals surface area contributed by atoms with Gasteiger partial charge in [0.1, 0.15) is 5.78 Å². The average molecular weight is 211 g/mol. The first-order chi connectivity index (χ1) is 6.68. The Kier molecular flexibility index (Phi) is 4.32. The summed E-state index contributed by atoms with van der Waals surface area (Å²) in [4.78, 5) is 22.9. The van der Waals surface area contributed by atoms with Gasteiger partial charge in [0.05, 0.1) is 6.42 Å². The van der Waals surface area contributed by atoms with Crippen LogP contribution < -0.4 is 5.32 Å². The van der Waals surface area contributed by atoms with Crippen molar-refractivity contribution in [2.45, 2.75) is 19.8 Å². The van der Waals surface area contributed by atoms with Crippen molar-refractivity contribution in [3.63, 3.8) is 0 Å². The van der Waals surface area contributed by atoms with Crippen LogP contribution in [0.25, 0.3) is 0 Å². The number of thiophene rings is 1. The highest BCUT2D eigenvalue weighted by Crippen LogP contribution is 2.07. The zero-order valence-electron chi connectivity index (χ0n) is 8.08. The smallest absolute Gasteiger partial charge is 0.227 e. The van der Waals surface area contributed by atoms with E-state index < -0.39 is 0 Å². The fourth-order valence-electron chi connectivity index (χ4n) is 1.07. The Morgan fingerprint density at radius 1 is 1.50 bits per heavy atom. The zero-order valence-corrected chi connectivity index (χ0v) is 8.89. The first kappa shape index (κ1) is 10.9. The molecule has 76 valence electrons. The van der Waals surface area contributed by atoms with E-state index >= 15 is 0 Å². The Morgan fingerprint density at radius 3 is 2.86 bits per heavy atom. The van der Waals surface area contributed by atoms with Crippen molar-refractivity contribution in [3.05, 3.63) is 22.4 Å². The van der Waals surface area contributed by atoms with Crippen LogP contribution in [-0.4, -0.2) is 18.2 Å². The van der Waals surface area contributed by atoms with Gasteiger partial charge in [-0.3, -0.25) is 9.59 Å². The molecule has 0 aromatic carbocycles. The summed E-state index contributed by atoms with van der Waals surface area (Å²) in [5.41, 5.74) is 0. The van der Waals surface area contributed by atoms with E-state index in [1.165, 1.54) is 11.8 Å². The van der Waals surface area contributed by atoms with E-state index in [1.807, 2.05) is 17.5 Å². The molecule has 0 aliphatic rings. The molecule has 0 unspecified atom stereocenters. The van der Waals surface area contributed by atoms with Crippen LogP contribution in [0.2, 0.25) is 0 Å². The minimum atomic E-state index is -0.186. The lowest BCUT2D eigenvalue weighted by atomic mass is 10.3. The number of hydrogen-bond acceptors (Lipinski definition) is 3. The highest BCUT2D eigenvalue weighted by atomic mass is 32.1. The lowest BCUT2D eigenvalue weighted by Crippen LogP contribution is -2.26. The molecule has 1 heterocycles. The van der Waals surface area contributed by atoms with Crippen LogP contribution in [0.3, 0.4) is 0 Å². The molecule has 0 saturated heterocycles. The summed E-state index contributed by atoms with van der Waals surface area (Å²) in [6.45, 7) is 2.02. The van der Waals surface area contributed by atoms with Crippen LogP contribution in [0, 0.1) is 0 Å². The summed E-state index contributed by atoms with van der Waals surface area (Å²) in [7, 11) is 0. The number of carbonyl (C=O) groups is 2. The third-order valence-corrected chi connectivity index (χ3v) is 2.62. The standard InChI is InChI=1S/C10H13NO2S/c1-8(12)7-10(13)11-5-4-9-3-2-6-14-9/h2-3,6H,4-5,7H2,1H3,(H,11,13). The molecule has 1 aromatic rings. The molecule has 0 bridgehead atoms. The predicted octanol–water partition coefficient (Wildman–Crippen LogP) is 1.39. The van der Waals surface area contributed by atoms with E-state index in [2.05, 4.69) is 5.32 Å². The van der Waals surface area contributed by atoms with Crippen LogP contribution in [0.5, 0.6) is 0 Å². The number of amides is 1. The third kappa shape index (κ3) is 4.18. The van der Waals surface area contributed by atoms with Gasteiger partial charge in [0.25, 0.3) is 0 Å². The molecule has 0 spiro atoms. The lowest BCUT2D eigenvalue weighted by Gasteiger charge is -2.01. The monoisotopic (exact) mass is 211 g/mol. The van der Waals surface area contributed by atoms with Gasteiger partial charge in [0, 0.05) is 11.4 Å². The van der Waals surface area contributed by atoms with Crippen molar-refractivity contribution in [2.24, 2.45) is 0 Å². The molecule has 0 aliphatic heterocycles. The molecule has 1 amide bonds. The SMILES string of the molecule is CC(=O)CC(=O)NCCc1cccs1. The van der Waals surface area contributed by atoms with Gasteiger partial charge in [-0.1, -0.05) is 6.07 Å². The summed E-state index contributed by atoms with van der Waals surface area (Å²) in [6, 6.07) is 4.01. The van der Waals surface area contributed by atoms with Crippen molar-refractivity contribution in [3.8, 4) is 0 Å². The van der Waals surface area contributed by atoms with Gasteiger partial charge >= 0.3 is 0 Å². The number of rotatable bonds is 5. The summed E-state index contributed by atoms with van der Waals surface area (Å²) in [6.07, 6.45) is 0.825. The normalized spacial score (nSPS) is 9.79. The highest BCUT2D eigenvalue weighted by Gasteiger charge is 2.03. The van der Waals surface area contributed by atoms with Crippen molar-refractivity contribution >= 4 is 23.0 Å². The molecule has 0 saturated carbocycles. The number of nitrogens with one attached hydrogen (secondary N) is 1. The van der Waals surface area contributed by atoms with Gasteiger partial charge in [0.15, 0.2) is 0 Å². The van der Waals surface area contributed by atoms with Crippen LogP contribution in [0.4, 0.5) is 0 Å². The molecule has 1 aromatic heterocycles. The molecule has 3 nitrogen and oxygen atoms in total. The maximum Gasteiger partial charge on any atom is 0.227 e. The van der Waals surface area contributed by atoms with Gasteiger partial charge in [0.2, 0.25) is 5.91 Å². The van der Waals surface area contributed by atoms with E-state index in [9.17, 15) is 9.59 Å². The number of carbonyl (C=O) groups excluding carboxylic acids is 2. The van der Waals surface area contributed by atoms with Gasteiger partial charge in [-0.15, -0.1) is 11.3 Å². The number of Topliss-reactive ketones (excluding diaryl/α,β-unsaturated/α-hetero) is 1. The Balaban J connectivity index is 2.15. The largest absolute Gasteiger partial charge is 0.355 e. The molecule has 0 fully saturated rings. The maximum absolute atomic E-state index is 11.1. The molecular weight excluding hydrogens is 198 g/mol. The first-order valence-electron chi connectivity index (χ1n) is 4.47. The van der Waals surface area contributed by atoms with Crippen molar-refractivity contribution in [1.82, 2.24) is 5.32 Å².